The van der Waals surface area contributed by atoms with E-state index in [2.05, 4.69) is 6.07 Å². The molecular weight excluding hydrogens is 220 g/mol. The van der Waals surface area contributed by atoms with Gasteiger partial charge in [-0.2, -0.15) is 0 Å². The number of hydrogen-bond donors (Lipinski definition) is 1. The molecule has 4 heteroatoms. The van der Waals surface area contributed by atoms with Gasteiger partial charge in [-0.1, -0.05) is 6.07 Å². The summed E-state index contributed by atoms with van der Waals surface area (Å²) in [6.07, 6.45) is 2.73. The summed E-state index contributed by atoms with van der Waals surface area (Å²) in [5.74, 6) is 0.0830. The van der Waals surface area contributed by atoms with E-state index in [-0.39, 0.29) is 11.9 Å². The molecule has 16 heavy (non-hydrogen) atoms. The van der Waals surface area contributed by atoms with Crippen molar-refractivity contribution in [2.75, 3.05) is 7.05 Å². The van der Waals surface area contributed by atoms with Crippen molar-refractivity contribution in [2.24, 2.45) is 5.73 Å². The lowest BCUT2D eigenvalue weighted by Crippen LogP contribution is -2.59. The van der Waals surface area contributed by atoms with Crippen molar-refractivity contribution in [3.63, 3.8) is 0 Å². The van der Waals surface area contributed by atoms with E-state index in [1.807, 2.05) is 25.4 Å². The molecular formula is C12H18N2OS. The lowest BCUT2D eigenvalue weighted by atomic mass is 9.76. The Morgan fingerprint density at radius 2 is 2.31 bits per heavy atom. The second kappa shape index (κ2) is 4.18. The summed E-state index contributed by atoms with van der Waals surface area (Å²) in [5.41, 5.74) is 5.47. The van der Waals surface area contributed by atoms with Crippen molar-refractivity contribution >= 4 is 17.2 Å². The molecule has 1 heterocycles. The van der Waals surface area contributed by atoms with Gasteiger partial charge < -0.3 is 10.6 Å². The van der Waals surface area contributed by atoms with E-state index in [1.165, 1.54) is 4.88 Å². The third-order valence-corrected chi connectivity index (χ3v) is 4.57. The maximum atomic E-state index is 12.2. The minimum absolute atomic E-state index is 0.0830. The van der Waals surface area contributed by atoms with Gasteiger partial charge in [0.25, 0.3) is 0 Å². The van der Waals surface area contributed by atoms with E-state index in [0.717, 1.165) is 19.3 Å². The van der Waals surface area contributed by atoms with E-state index in [0.29, 0.717) is 0 Å². The predicted molar refractivity (Wildman–Crippen MR) is 66.3 cm³/mol. The average molecular weight is 238 g/mol. The van der Waals surface area contributed by atoms with Gasteiger partial charge in [0, 0.05) is 11.9 Å². The Hall–Kier alpha value is -0.870. The number of likely N-dealkylation sites (N-methyl/N-ethyl adjacent to an activating group) is 1. The third-order valence-electron chi connectivity index (χ3n) is 3.53. The Morgan fingerprint density at radius 3 is 2.75 bits per heavy atom. The maximum absolute atomic E-state index is 12.2. The molecule has 2 rings (SSSR count). The maximum Gasteiger partial charge on any atom is 0.242 e. The first-order valence-corrected chi connectivity index (χ1v) is 6.52. The van der Waals surface area contributed by atoms with Gasteiger partial charge in [0.2, 0.25) is 5.91 Å². The largest absolute Gasteiger partial charge is 0.337 e. The van der Waals surface area contributed by atoms with Crippen LogP contribution in [0.25, 0.3) is 0 Å². The van der Waals surface area contributed by atoms with Gasteiger partial charge in [-0.25, -0.2) is 0 Å². The minimum atomic E-state index is -0.583. The van der Waals surface area contributed by atoms with Gasteiger partial charge in [0.1, 0.15) is 0 Å². The Kier molecular flexibility index (Phi) is 3.04. The number of nitrogens with two attached hydrogens (primary N) is 1. The first-order chi connectivity index (χ1) is 7.54. The molecule has 1 saturated carbocycles. The highest BCUT2D eigenvalue weighted by Gasteiger charge is 2.42. The first-order valence-electron chi connectivity index (χ1n) is 5.64. The van der Waals surface area contributed by atoms with Gasteiger partial charge >= 0.3 is 0 Å². The second-order valence-electron chi connectivity index (χ2n) is 4.62. The van der Waals surface area contributed by atoms with E-state index >= 15 is 0 Å². The van der Waals surface area contributed by atoms with Crippen LogP contribution in [0.15, 0.2) is 17.5 Å². The van der Waals surface area contributed by atoms with Crippen LogP contribution >= 0.6 is 11.3 Å². The topological polar surface area (TPSA) is 46.3 Å². The molecule has 1 unspecified atom stereocenters. The van der Waals surface area contributed by atoms with E-state index in [9.17, 15) is 4.79 Å². The van der Waals surface area contributed by atoms with Gasteiger partial charge in [-0.15, -0.1) is 11.3 Å². The molecule has 2 N–H and O–H groups in total. The minimum Gasteiger partial charge on any atom is -0.337 e. The van der Waals surface area contributed by atoms with Crippen LogP contribution < -0.4 is 5.73 Å². The molecule has 0 bridgehead atoms. The standard InChI is InChI=1S/C12H18N2OS/c1-9(10-5-3-8-16-10)14(2)11(15)12(13)6-4-7-12/h3,5,8-9H,4,6-7,13H2,1-2H3. The van der Waals surface area contributed by atoms with Gasteiger partial charge in [-0.3, -0.25) is 4.79 Å². The fourth-order valence-corrected chi connectivity index (χ4v) is 2.84. The molecule has 1 aliphatic rings. The quantitative estimate of drug-likeness (QED) is 0.877. The van der Waals surface area contributed by atoms with Crippen LogP contribution in [0, 0.1) is 0 Å². The normalized spacial score (nSPS) is 19.9. The number of carbonyl (C=O) groups is 1. The van der Waals surface area contributed by atoms with Crippen molar-refractivity contribution < 1.29 is 4.79 Å². The van der Waals surface area contributed by atoms with Gasteiger partial charge in [0.15, 0.2) is 0 Å². The van der Waals surface area contributed by atoms with Crippen LogP contribution in [0.4, 0.5) is 0 Å². The number of rotatable bonds is 3. The Bertz CT molecular complexity index is 370. The summed E-state index contributed by atoms with van der Waals surface area (Å²) in [7, 11) is 1.85. The summed E-state index contributed by atoms with van der Waals surface area (Å²) >= 11 is 1.68. The SMILES string of the molecule is CC(c1cccs1)N(C)C(=O)C1(N)CCC1. The van der Waals surface area contributed by atoms with Crippen molar-refractivity contribution in [2.45, 2.75) is 37.8 Å². The number of thiophene rings is 1. The molecule has 0 saturated heterocycles. The Labute approximate surface area is 100 Å². The number of carbonyl (C=O) groups excluding carboxylic acids is 1. The molecule has 1 fully saturated rings. The fraction of sp³-hybridized carbons (Fsp3) is 0.583. The molecule has 1 atom stereocenters. The van der Waals surface area contributed by atoms with Crippen molar-refractivity contribution in [1.29, 1.82) is 0 Å². The van der Waals surface area contributed by atoms with Crippen molar-refractivity contribution in [1.82, 2.24) is 4.90 Å². The average Bonchev–Trinajstić information content (AvgIpc) is 2.76. The van der Waals surface area contributed by atoms with Crippen LogP contribution in [-0.4, -0.2) is 23.4 Å². The fourth-order valence-electron chi connectivity index (χ4n) is 2.02. The molecule has 1 aromatic rings. The Balaban J connectivity index is 2.07. The molecule has 0 aromatic carbocycles. The lowest BCUT2D eigenvalue weighted by molar-refractivity contribution is -0.140. The van der Waals surface area contributed by atoms with Crippen LogP contribution in [0.3, 0.4) is 0 Å². The summed E-state index contributed by atoms with van der Waals surface area (Å²) in [5, 5.41) is 2.03. The molecule has 1 aromatic heterocycles. The molecule has 0 radical (unpaired) electrons. The van der Waals surface area contributed by atoms with Gasteiger partial charge in [-0.05, 0) is 37.6 Å². The van der Waals surface area contributed by atoms with Crippen LogP contribution in [0.5, 0.6) is 0 Å². The highest BCUT2D eigenvalue weighted by molar-refractivity contribution is 7.10. The zero-order chi connectivity index (χ0) is 11.8. The molecule has 3 nitrogen and oxygen atoms in total. The van der Waals surface area contributed by atoms with Crippen molar-refractivity contribution in [3.05, 3.63) is 22.4 Å². The zero-order valence-electron chi connectivity index (χ0n) is 9.77. The van der Waals surface area contributed by atoms with Crippen LogP contribution in [-0.2, 0) is 4.79 Å². The molecule has 1 aliphatic carbocycles. The molecule has 0 spiro atoms. The van der Waals surface area contributed by atoms with Crippen LogP contribution in [0.1, 0.15) is 37.1 Å². The highest BCUT2D eigenvalue weighted by atomic mass is 32.1. The summed E-state index contributed by atoms with van der Waals surface area (Å²) in [6.45, 7) is 2.05. The van der Waals surface area contributed by atoms with E-state index in [1.54, 1.807) is 16.2 Å². The van der Waals surface area contributed by atoms with Gasteiger partial charge in [0.05, 0.1) is 11.6 Å². The molecule has 1 amide bonds. The summed E-state index contributed by atoms with van der Waals surface area (Å²) in [4.78, 5) is 15.2. The number of nitrogens with zero attached hydrogens (tertiary/aromatic N) is 1. The first kappa shape index (κ1) is 11.6. The highest BCUT2D eigenvalue weighted by Crippen LogP contribution is 2.33. The molecule has 88 valence electrons. The molecule has 0 aliphatic heterocycles. The number of hydrogen-bond acceptors (Lipinski definition) is 3. The van der Waals surface area contributed by atoms with Crippen molar-refractivity contribution in [3.8, 4) is 0 Å². The van der Waals surface area contributed by atoms with Crippen LogP contribution in [0.2, 0.25) is 0 Å². The number of amides is 1. The zero-order valence-corrected chi connectivity index (χ0v) is 10.6. The van der Waals surface area contributed by atoms with E-state index < -0.39 is 5.54 Å². The monoisotopic (exact) mass is 238 g/mol. The summed E-state index contributed by atoms with van der Waals surface area (Å²) < 4.78 is 0. The summed E-state index contributed by atoms with van der Waals surface area (Å²) in [6, 6.07) is 4.19. The van der Waals surface area contributed by atoms with E-state index in [4.69, 9.17) is 5.73 Å². The Morgan fingerprint density at radius 1 is 1.62 bits per heavy atom. The second-order valence-corrected chi connectivity index (χ2v) is 5.60. The predicted octanol–water partition coefficient (Wildman–Crippen LogP) is 2.15. The lowest BCUT2D eigenvalue weighted by Gasteiger charge is -2.40. The third kappa shape index (κ3) is 1.87. The smallest absolute Gasteiger partial charge is 0.242 e.